The van der Waals surface area contributed by atoms with Crippen molar-refractivity contribution in [2.45, 2.75) is 37.8 Å². The van der Waals surface area contributed by atoms with E-state index in [1.165, 1.54) is 51.0 Å². The molecule has 4 heterocycles. The molecule has 2 bridgehead atoms. The van der Waals surface area contributed by atoms with Crippen LogP contribution in [0.15, 0.2) is 24.4 Å². The summed E-state index contributed by atoms with van der Waals surface area (Å²) < 4.78 is 0. The van der Waals surface area contributed by atoms with Gasteiger partial charge in [0.15, 0.2) is 0 Å². The zero-order valence-electron chi connectivity index (χ0n) is 11.1. The smallest absolute Gasteiger partial charge is 0.0842 e. The van der Waals surface area contributed by atoms with Crippen LogP contribution in [-0.2, 0) is 0 Å². The molecule has 0 aromatic rings. The van der Waals surface area contributed by atoms with Gasteiger partial charge in [-0.1, -0.05) is 13.0 Å². The van der Waals surface area contributed by atoms with Crippen LogP contribution in [0.1, 0.15) is 25.7 Å². The summed E-state index contributed by atoms with van der Waals surface area (Å²) in [5.41, 5.74) is 1.32. The molecule has 98 valence electrons. The van der Waals surface area contributed by atoms with E-state index < -0.39 is 0 Å². The van der Waals surface area contributed by atoms with Crippen molar-refractivity contribution >= 4 is 0 Å². The fourth-order valence-corrected chi connectivity index (χ4v) is 4.90. The Hall–Kier alpha value is -0.730. The van der Waals surface area contributed by atoms with Crippen LogP contribution in [-0.4, -0.2) is 36.6 Å². The summed E-state index contributed by atoms with van der Waals surface area (Å²) in [7, 11) is 0. The highest BCUT2D eigenvalue weighted by atomic mass is 15.3. The number of nitrogens with zero attached hydrogens (tertiary/aromatic N) is 1. The third-order valence-electron chi connectivity index (χ3n) is 5.70. The number of quaternary nitrogens is 1. The monoisotopic (exact) mass is 244 g/mol. The zero-order chi connectivity index (χ0) is 12.1. The Morgan fingerprint density at radius 3 is 3.22 bits per heavy atom. The van der Waals surface area contributed by atoms with Gasteiger partial charge in [0.1, 0.15) is 0 Å². The predicted molar refractivity (Wildman–Crippen MR) is 73.0 cm³/mol. The molecule has 0 amide bonds. The summed E-state index contributed by atoms with van der Waals surface area (Å²) in [6.45, 7) is 8.29. The Morgan fingerprint density at radius 2 is 2.28 bits per heavy atom. The first-order valence-corrected chi connectivity index (χ1v) is 7.63. The van der Waals surface area contributed by atoms with Gasteiger partial charge in [-0.05, 0) is 25.8 Å². The van der Waals surface area contributed by atoms with Crippen molar-refractivity contribution < 1.29 is 4.90 Å². The van der Waals surface area contributed by atoms with Crippen molar-refractivity contribution in [1.29, 1.82) is 0 Å². The minimum atomic E-state index is 0.710. The molecule has 0 aromatic carbocycles. The highest BCUT2D eigenvalue weighted by Gasteiger charge is 2.47. The molecule has 3 saturated heterocycles. The van der Waals surface area contributed by atoms with Gasteiger partial charge >= 0.3 is 0 Å². The largest absolute Gasteiger partial charge is 0.326 e. The van der Waals surface area contributed by atoms with Crippen molar-refractivity contribution in [2.24, 2.45) is 11.8 Å². The van der Waals surface area contributed by atoms with E-state index in [4.69, 9.17) is 0 Å². The van der Waals surface area contributed by atoms with Gasteiger partial charge in [-0.25, -0.2) is 6.08 Å². The maximum atomic E-state index is 4.27. The number of hydrogen-bond donors (Lipinski definition) is 1. The minimum Gasteiger partial charge on any atom is -0.326 e. The third kappa shape index (κ3) is 1.59. The summed E-state index contributed by atoms with van der Waals surface area (Å²) in [5.74, 6) is 1.79. The number of rotatable bonds is 0. The summed E-state index contributed by atoms with van der Waals surface area (Å²) >= 11 is 0. The molecule has 5 atom stereocenters. The molecule has 4 rings (SSSR count). The van der Waals surface area contributed by atoms with Crippen LogP contribution < -0.4 is 4.90 Å². The minimum absolute atomic E-state index is 0.710. The second kappa shape index (κ2) is 4.14. The molecular weight excluding hydrogens is 220 g/mol. The normalized spacial score (nSPS) is 47.1. The predicted octanol–water partition coefficient (Wildman–Crippen LogP) is 1.03. The molecule has 0 aromatic heterocycles. The maximum absolute atomic E-state index is 4.27. The van der Waals surface area contributed by atoms with Crippen LogP contribution in [0.3, 0.4) is 0 Å². The van der Waals surface area contributed by atoms with Crippen LogP contribution in [0, 0.1) is 18.3 Å². The number of hydrogen-bond acceptors (Lipinski definition) is 1. The molecular formula is C16H24N2. The number of nitrogens with one attached hydrogen (secondary N) is 1. The molecule has 18 heavy (non-hydrogen) atoms. The number of piperidine rings is 3. The lowest BCUT2D eigenvalue weighted by Gasteiger charge is -2.56. The first kappa shape index (κ1) is 11.1. The Balaban J connectivity index is 1.62. The van der Waals surface area contributed by atoms with Crippen LogP contribution in [0.5, 0.6) is 0 Å². The molecule has 0 saturated carbocycles. The van der Waals surface area contributed by atoms with E-state index in [0.717, 1.165) is 17.9 Å². The molecule has 2 heteroatoms. The number of allylic oxidation sites excluding steroid dienone is 1. The SMILES string of the molecule is C=C1C=C[CH-]C2C3CC(C[NH+]12)C1CCCCN1C3. The Kier molecular flexibility index (Phi) is 2.56. The first-order chi connectivity index (χ1) is 8.83. The lowest BCUT2D eigenvalue weighted by Crippen LogP contribution is -3.17. The van der Waals surface area contributed by atoms with Crippen LogP contribution in [0.2, 0.25) is 0 Å². The van der Waals surface area contributed by atoms with Crippen LogP contribution >= 0.6 is 0 Å². The van der Waals surface area contributed by atoms with Crippen molar-refractivity contribution in [3.05, 3.63) is 30.8 Å². The third-order valence-corrected chi connectivity index (χ3v) is 5.70. The average Bonchev–Trinajstić information content (AvgIpc) is 2.40. The summed E-state index contributed by atoms with van der Waals surface area (Å²) in [6, 6.07) is 1.60. The first-order valence-electron chi connectivity index (χ1n) is 7.63. The topological polar surface area (TPSA) is 7.68 Å². The quantitative estimate of drug-likeness (QED) is 0.626. The highest BCUT2D eigenvalue weighted by Crippen LogP contribution is 2.37. The maximum Gasteiger partial charge on any atom is 0.0842 e. The number of fused-ring (bicyclic) bond motifs is 6. The highest BCUT2D eigenvalue weighted by molar-refractivity contribution is 5.18. The Bertz CT molecular complexity index is 387. The van der Waals surface area contributed by atoms with Gasteiger partial charge in [-0.2, -0.15) is 6.42 Å². The lowest BCUT2D eigenvalue weighted by atomic mass is 9.71. The standard InChI is InChI=1S/C16H23N2/c1-12-5-4-7-16-13-9-14(11-18(12)16)15-6-2-3-8-17(15)10-13/h4-5,7,13-16H,1-3,6,8-11H2/q-1/p+1. The van der Waals surface area contributed by atoms with Gasteiger partial charge in [-0.15, -0.1) is 6.08 Å². The second-order valence-corrected chi connectivity index (χ2v) is 6.65. The van der Waals surface area contributed by atoms with Crippen molar-refractivity contribution in [3.8, 4) is 0 Å². The van der Waals surface area contributed by atoms with Gasteiger partial charge in [-0.3, -0.25) is 4.90 Å². The van der Waals surface area contributed by atoms with E-state index in [2.05, 4.69) is 30.1 Å². The lowest BCUT2D eigenvalue weighted by molar-refractivity contribution is -0.896. The summed E-state index contributed by atoms with van der Waals surface area (Å²) in [6.07, 6.45) is 12.7. The molecule has 0 aliphatic carbocycles. The molecule has 0 spiro atoms. The summed E-state index contributed by atoms with van der Waals surface area (Å²) in [5, 5.41) is 0. The van der Waals surface area contributed by atoms with Crippen LogP contribution in [0.25, 0.3) is 0 Å². The van der Waals surface area contributed by atoms with E-state index >= 15 is 0 Å². The summed E-state index contributed by atoms with van der Waals surface area (Å²) in [4.78, 5) is 4.48. The van der Waals surface area contributed by atoms with Gasteiger partial charge < -0.3 is 4.90 Å². The van der Waals surface area contributed by atoms with E-state index in [1.54, 1.807) is 4.90 Å². The molecule has 1 N–H and O–H groups in total. The molecule has 4 aliphatic heterocycles. The van der Waals surface area contributed by atoms with E-state index in [0.29, 0.717) is 6.04 Å². The Morgan fingerprint density at radius 1 is 1.33 bits per heavy atom. The van der Waals surface area contributed by atoms with Gasteiger partial charge in [0, 0.05) is 30.1 Å². The van der Waals surface area contributed by atoms with Crippen molar-refractivity contribution in [3.63, 3.8) is 0 Å². The van der Waals surface area contributed by atoms with Crippen molar-refractivity contribution in [2.75, 3.05) is 19.6 Å². The van der Waals surface area contributed by atoms with E-state index in [9.17, 15) is 0 Å². The molecule has 5 unspecified atom stereocenters. The average molecular weight is 244 g/mol. The Labute approximate surface area is 110 Å². The molecule has 4 aliphatic rings. The fourth-order valence-electron chi connectivity index (χ4n) is 4.90. The van der Waals surface area contributed by atoms with E-state index in [-0.39, 0.29) is 0 Å². The molecule has 2 nitrogen and oxygen atoms in total. The zero-order valence-corrected chi connectivity index (χ0v) is 11.1. The van der Waals surface area contributed by atoms with E-state index in [1.807, 2.05) is 0 Å². The second-order valence-electron chi connectivity index (χ2n) is 6.65. The van der Waals surface area contributed by atoms with Gasteiger partial charge in [0.2, 0.25) is 0 Å². The fraction of sp³-hybridized carbons (Fsp3) is 0.688. The molecule has 3 fully saturated rings. The molecule has 0 radical (unpaired) electrons. The van der Waals surface area contributed by atoms with Gasteiger partial charge in [0.25, 0.3) is 0 Å². The van der Waals surface area contributed by atoms with Gasteiger partial charge in [0.05, 0.1) is 12.6 Å². The van der Waals surface area contributed by atoms with Crippen LogP contribution in [0.4, 0.5) is 0 Å². The van der Waals surface area contributed by atoms with Crippen molar-refractivity contribution in [1.82, 2.24) is 4.90 Å².